The van der Waals surface area contributed by atoms with Crippen molar-refractivity contribution >= 4 is 0 Å². The van der Waals surface area contributed by atoms with E-state index in [4.69, 9.17) is 14.0 Å². The van der Waals surface area contributed by atoms with Crippen molar-refractivity contribution in [3.63, 3.8) is 0 Å². The highest BCUT2D eigenvalue weighted by atomic mass is 16.5. The normalized spacial score (nSPS) is 19.0. The third-order valence-electron chi connectivity index (χ3n) is 5.10. The molecular weight excluding hydrogens is 356 g/mol. The quantitative estimate of drug-likeness (QED) is 0.699. The number of para-hydroxylation sites is 1. The lowest BCUT2D eigenvalue weighted by Crippen LogP contribution is -2.27. The summed E-state index contributed by atoms with van der Waals surface area (Å²) in [6, 6.07) is 12.2. The Morgan fingerprint density at radius 3 is 2.64 bits per heavy atom. The fourth-order valence-corrected chi connectivity index (χ4v) is 3.61. The van der Waals surface area contributed by atoms with Crippen molar-refractivity contribution in [3.05, 3.63) is 59.0 Å². The van der Waals surface area contributed by atoms with Gasteiger partial charge in [-0.2, -0.15) is 4.98 Å². The molecule has 0 bridgehead atoms. The second-order valence-corrected chi connectivity index (χ2v) is 6.99. The van der Waals surface area contributed by atoms with Crippen LogP contribution in [0.1, 0.15) is 41.1 Å². The molecule has 2 unspecified atom stereocenters. The maximum Gasteiger partial charge on any atom is 0.245 e. The van der Waals surface area contributed by atoms with Crippen LogP contribution in [0.5, 0.6) is 11.5 Å². The highest BCUT2D eigenvalue weighted by Gasteiger charge is 2.31. The van der Waals surface area contributed by atoms with Gasteiger partial charge in [0.1, 0.15) is 6.04 Å². The summed E-state index contributed by atoms with van der Waals surface area (Å²) in [5.41, 5.74) is 11.2. The summed E-state index contributed by atoms with van der Waals surface area (Å²) in [6.07, 6.45) is 0.821. The number of rotatable bonds is 5. The van der Waals surface area contributed by atoms with E-state index in [9.17, 15) is 0 Å². The maximum absolute atomic E-state index is 5.55. The Morgan fingerprint density at radius 2 is 1.86 bits per heavy atom. The third kappa shape index (κ3) is 3.34. The minimum atomic E-state index is -0.0669. The number of benzene rings is 2. The predicted molar refractivity (Wildman–Crippen MR) is 105 cm³/mol. The van der Waals surface area contributed by atoms with E-state index in [2.05, 4.69) is 53.0 Å². The van der Waals surface area contributed by atoms with Crippen LogP contribution in [0.3, 0.4) is 0 Å². The van der Waals surface area contributed by atoms with E-state index in [1.165, 1.54) is 16.7 Å². The fourth-order valence-electron chi connectivity index (χ4n) is 3.61. The second kappa shape index (κ2) is 7.61. The van der Waals surface area contributed by atoms with Crippen LogP contribution >= 0.6 is 0 Å². The van der Waals surface area contributed by atoms with Gasteiger partial charge in [0.25, 0.3) is 0 Å². The van der Waals surface area contributed by atoms with E-state index in [0.717, 1.165) is 12.0 Å². The van der Waals surface area contributed by atoms with Gasteiger partial charge in [-0.05, 0) is 43.5 Å². The van der Waals surface area contributed by atoms with E-state index in [0.29, 0.717) is 23.2 Å². The highest BCUT2D eigenvalue weighted by molar-refractivity contribution is 5.68. The molecule has 7 nitrogen and oxygen atoms in total. The number of nitrogens with one attached hydrogen (secondary N) is 2. The summed E-state index contributed by atoms with van der Waals surface area (Å²) in [4.78, 5) is 4.60. The van der Waals surface area contributed by atoms with Crippen LogP contribution in [0, 0.1) is 13.8 Å². The van der Waals surface area contributed by atoms with Crippen LogP contribution in [0.4, 0.5) is 0 Å². The predicted octanol–water partition coefficient (Wildman–Crippen LogP) is 3.65. The Hall–Kier alpha value is -2.90. The molecule has 2 N–H and O–H groups in total. The fraction of sp³-hybridized carbons (Fsp3) is 0.333. The maximum atomic E-state index is 5.55. The molecule has 4 rings (SSSR count). The molecule has 0 amide bonds. The minimum absolute atomic E-state index is 0.0669. The zero-order valence-corrected chi connectivity index (χ0v) is 16.4. The van der Waals surface area contributed by atoms with Gasteiger partial charge in [0.05, 0.1) is 19.8 Å². The van der Waals surface area contributed by atoms with Gasteiger partial charge in [-0.3, -0.25) is 0 Å². The molecule has 0 saturated carbocycles. The third-order valence-corrected chi connectivity index (χ3v) is 5.10. The molecule has 1 aliphatic heterocycles. The SMILES string of the molecule is COc1cccc(-c2noc(C3CC(c4cc(C)ccc4C)NN3)n2)c1OC. The number of nitrogens with zero attached hydrogens (tertiary/aromatic N) is 2. The van der Waals surface area contributed by atoms with Crippen LogP contribution in [0.2, 0.25) is 0 Å². The first kappa shape index (κ1) is 18.5. The Balaban J connectivity index is 1.57. The van der Waals surface area contributed by atoms with Gasteiger partial charge in [0.15, 0.2) is 11.5 Å². The second-order valence-electron chi connectivity index (χ2n) is 6.99. The van der Waals surface area contributed by atoms with Crippen molar-refractivity contribution in [2.75, 3.05) is 14.2 Å². The molecule has 28 heavy (non-hydrogen) atoms. The zero-order chi connectivity index (χ0) is 19.7. The first-order valence-corrected chi connectivity index (χ1v) is 9.24. The van der Waals surface area contributed by atoms with E-state index in [1.807, 2.05) is 18.2 Å². The monoisotopic (exact) mass is 380 g/mol. The minimum Gasteiger partial charge on any atom is -0.493 e. The van der Waals surface area contributed by atoms with Crippen LogP contribution in [-0.4, -0.2) is 24.4 Å². The van der Waals surface area contributed by atoms with Crippen LogP contribution in [0.15, 0.2) is 40.9 Å². The van der Waals surface area contributed by atoms with Gasteiger partial charge in [-0.15, -0.1) is 0 Å². The average Bonchev–Trinajstić information content (AvgIpc) is 3.38. The van der Waals surface area contributed by atoms with E-state index >= 15 is 0 Å². The number of hydrogen-bond acceptors (Lipinski definition) is 7. The van der Waals surface area contributed by atoms with Crippen molar-refractivity contribution in [3.8, 4) is 22.9 Å². The van der Waals surface area contributed by atoms with Crippen molar-refractivity contribution in [2.24, 2.45) is 0 Å². The number of methoxy groups -OCH3 is 2. The summed E-state index contributed by atoms with van der Waals surface area (Å²) in [5, 5.41) is 4.16. The van der Waals surface area contributed by atoms with E-state index in [1.54, 1.807) is 14.2 Å². The molecule has 3 aromatic rings. The van der Waals surface area contributed by atoms with Gasteiger partial charge in [0.2, 0.25) is 11.7 Å². The standard InChI is InChI=1S/C21H24N4O3/c1-12-8-9-13(2)15(10-12)16-11-17(24-23-16)21-22-20(25-28-21)14-6-5-7-18(26-3)19(14)27-4/h5-10,16-17,23-24H,11H2,1-4H3. The number of aryl methyl sites for hydroxylation is 2. The Morgan fingerprint density at radius 1 is 1.04 bits per heavy atom. The molecule has 2 aromatic carbocycles. The highest BCUT2D eigenvalue weighted by Crippen LogP contribution is 2.38. The molecule has 1 saturated heterocycles. The Labute approximate surface area is 164 Å². The van der Waals surface area contributed by atoms with E-state index < -0.39 is 0 Å². The lowest BCUT2D eigenvalue weighted by Gasteiger charge is -2.13. The number of ether oxygens (including phenoxy) is 2. The molecule has 1 fully saturated rings. The summed E-state index contributed by atoms with van der Waals surface area (Å²) in [6.45, 7) is 4.23. The Kier molecular flexibility index (Phi) is 5.02. The van der Waals surface area contributed by atoms with Gasteiger partial charge >= 0.3 is 0 Å². The van der Waals surface area contributed by atoms with Crippen LogP contribution in [0.25, 0.3) is 11.4 Å². The molecule has 1 aliphatic rings. The average molecular weight is 380 g/mol. The number of hydrazine groups is 1. The van der Waals surface area contributed by atoms with Crippen molar-refractivity contribution in [1.29, 1.82) is 0 Å². The molecular formula is C21H24N4O3. The van der Waals surface area contributed by atoms with Gasteiger partial charge in [-0.25, -0.2) is 10.9 Å². The zero-order valence-electron chi connectivity index (χ0n) is 16.4. The lowest BCUT2D eigenvalue weighted by molar-refractivity contribution is 0.339. The molecule has 0 aliphatic carbocycles. The van der Waals surface area contributed by atoms with Crippen molar-refractivity contribution in [2.45, 2.75) is 32.4 Å². The first-order valence-electron chi connectivity index (χ1n) is 9.24. The summed E-state index contributed by atoms with van der Waals surface area (Å²) >= 11 is 0. The number of hydrogen-bond donors (Lipinski definition) is 2. The molecule has 146 valence electrons. The van der Waals surface area contributed by atoms with Gasteiger partial charge in [0, 0.05) is 6.04 Å². The lowest BCUT2D eigenvalue weighted by atomic mass is 9.96. The smallest absolute Gasteiger partial charge is 0.245 e. The molecule has 2 heterocycles. The largest absolute Gasteiger partial charge is 0.493 e. The topological polar surface area (TPSA) is 81.4 Å². The molecule has 0 spiro atoms. The Bertz CT molecular complexity index is 986. The van der Waals surface area contributed by atoms with Crippen LogP contribution in [-0.2, 0) is 0 Å². The summed E-state index contributed by atoms with van der Waals surface area (Å²) in [7, 11) is 3.20. The molecule has 0 radical (unpaired) electrons. The first-order chi connectivity index (χ1) is 13.6. The van der Waals surface area contributed by atoms with Crippen molar-refractivity contribution < 1.29 is 14.0 Å². The van der Waals surface area contributed by atoms with Gasteiger partial charge < -0.3 is 14.0 Å². The molecule has 1 aromatic heterocycles. The molecule has 7 heteroatoms. The summed E-state index contributed by atoms with van der Waals surface area (Å²) < 4.78 is 16.4. The van der Waals surface area contributed by atoms with Gasteiger partial charge in [-0.1, -0.05) is 35.0 Å². The molecule has 2 atom stereocenters. The number of aromatic nitrogens is 2. The van der Waals surface area contributed by atoms with Crippen molar-refractivity contribution in [1.82, 2.24) is 21.0 Å². The van der Waals surface area contributed by atoms with E-state index in [-0.39, 0.29) is 12.1 Å². The van der Waals surface area contributed by atoms with Crippen LogP contribution < -0.4 is 20.3 Å². The summed E-state index contributed by atoms with van der Waals surface area (Å²) in [5.74, 6) is 2.23.